The zero-order valence-electron chi connectivity index (χ0n) is 10.9. The topological polar surface area (TPSA) is 41.1 Å². The van der Waals surface area contributed by atoms with Crippen LogP contribution in [0.5, 0.6) is 0 Å². The van der Waals surface area contributed by atoms with E-state index in [2.05, 4.69) is 24.5 Å². The highest BCUT2D eigenvalue weighted by Gasteiger charge is 2.45. The fourth-order valence-corrected chi connectivity index (χ4v) is 2.58. The Labute approximate surface area is 111 Å². The first-order chi connectivity index (χ1) is 7.64. The fourth-order valence-electron chi connectivity index (χ4n) is 2.58. The van der Waals surface area contributed by atoms with E-state index in [1.807, 2.05) is 0 Å². The molecule has 3 nitrogen and oxygen atoms in total. The van der Waals surface area contributed by atoms with Crippen LogP contribution in [0, 0.1) is 11.3 Å². The SMILES string of the molecule is CC(C)C1(CNC(=O)[C@@H]2CCCCN2)CC1.Cl. The van der Waals surface area contributed by atoms with Crippen molar-refractivity contribution in [3.63, 3.8) is 0 Å². The molecular weight excluding hydrogens is 236 g/mol. The summed E-state index contributed by atoms with van der Waals surface area (Å²) in [6.45, 7) is 6.39. The first-order valence-corrected chi connectivity index (χ1v) is 6.65. The van der Waals surface area contributed by atoms with Crippen LogP contribution in [0.15, 0.2) is 0 Å². The highest BCUT2D eigenvalue weighted by molar-refractivity contribution is 5.85. The Morgan fingerprint density at radius 3 is 2.59 bits per heavy atom. The Hall–Kier alpha value is -0.280. The van der Waals surface area contributed by atoms with Gasteiger partial charge in [-0.2, -0.15) is 0 Å². The first-order valence-electron chi connectivity index (χ1n) is 6.65. The maximum Gasteiger partial charge on any atom is 0.237 e. The van der Waals surface area contributed by atoms with Crippen molar-refractivity contribution < 1.29 is 4.79 Å². The Balaban J connectivity index is 0.00000144. The number of hydrogen-bond donors (Lipinski definition) is 2. The Morgan fingerprint density at radius 1 is 1.41 bits per heavy atom. The maximum atomic E-state index is 11.9. The number of carbonyl (C=O) groups excluding carboxylic acids is 1. The Kier molecular flexibility index (Phi) is 5.26. The van der Waals surface area contributed by atoms with Crippen LogP contribution in [0.3, 0.4) is 0 Å². The van der Waals surface area contributed by atoms with Gasteiger partial charge in [0, 0.05) is 6.54 Å². The third-order valence-corrected chi connectivity index (χ3v) is 4.36. The Bertz CT molecular complexity index is 258. The molecule has 2 rings (SSSR count). The molecule has 1 amide bonds. The van der Waals surface area contributed by atoms with E-state index in [0.29, 0.717) is 11.3 Å². The minimum Gasteiger partial charge on any atom is -0.354 e. The molecule has 100 valence electrons. The second-order valence-corrected chi connectivity index (χ2v) is 5.74. The van der Waals surface area contributed by atoms with E-state index < -0.39 is 0 Å². The van der Waals surface area contributed by atoms with Gasteiger partial charge in [-0.15, -0.1) is 12.4 Å². The predicted molar refractivity (Wildman–Crippen MR) is 72.4 cm³/mol. The first kappa shape index (κ1) is 14.8. The van der Waals surface area contributed by atoms with Crippen molar-refractivity contribution >= 4 is 18.3 Å². The summed E-state index contributed by atoms with van der Waals surface area (Å²) >= 11 is 0. The predicted octanol–water partition coefficient (Wildman–Crippen LogP) is 2.10. The number of piperidine rings is 1. The lowest BCUT2D eigenvalue weighted by atomic mass is 9.92. The van der Waals surface area contributed by atoms with Crippen molar-refractivity contribution in [2.24, 2.45) is 11.3 Å². The minimum absolute atomic E-state index is 0. The lowest BCUT2D eigenvalue weighted by molar-refractivity contribution is -0.124. The molecule has 1 heterocycles. The molecule has 1 atom stereocenters. The van der Waals surface area contributed by atoms with Gasteiger partial charge in [0.1, 0.15) is 0 Å². The van der Waals surface area contributed by atoms with Crippen molar-refractivity contribution in [2.45, 2.75) is 52.0 Å². The van der Waals surface area contributed by atoms with Gasteiger partial charge in [0.2, 0.25) is 5.91 Å². The van der Waals surface area contributed by atoms with Crippen molar-refractivity contribution in [2.75, 3.05) is 13.1 Å². The molecule has 2 fully saturated rings. The fraction of sp³-hybridized carbons (Fsp3) is 0.923. The van der Waals surface area contributed by atoms with Crippen molar-refractivity contribution in [3.8, 4) is 0 Å². The van der Waals surface area contributed by atoms with E-state index >= 15 is 0 Å². The molecular formula is C13H25ClN2O. The van der Waals surface area contributed by atoms with Gasteiger partial charge < -0.3 is 10.6 Å². The highest BCUT2D eigenvalue weighted by atomic mass is 35.5. The lowest BCUT2D eigenvalue weighted by Crippen LogP contribution is -2.48. The van der Waals surface area contributed by atoms with Crippen LogP contribution in [-0.4, -0.2) is 25.0 Å². The standard InChI is InChI=1S/C13H24N2O.ClH/c1-10(2)13(6-7-13)9-15-12(16)11-5-3-4-8-14-11;/h10-11,14H,3-9H2,1-2H3,(H,15,16);1H/t11-;/m0./s1. The summed E-state index contributed by atoms with van der Waals surface area (Å²) in [4.78, 5) is 11.9. The van der Waals surface area contributed by atoms with Crippen LogP contribution in [0.4, 0.5) is 0 Å². The van der Waals surface area contributed by atoms with E-state index in [-0.39, 0.29) is 24.4 Å². The number of nitrogens with one attached hydrogen (secondary N) is 2. The summed E-state index contributed by atoms with van der Waals surface area (Å²) in [5.74, 6) is 0.902. The molecule has 0 aromatic rings. The van der Waals surface area contributed by atoms with Crippen molar-refractivity contribution in [1.82, 2.24) is 10.6 Å². The zero-order chi connectivity index (χ0) is 11.6. The van der Waals surface area contributed by atoms with E-state index in [1.165, 1.54) is 25.7 Å². The molecule has 0 aromatic heterocycles. The highest BCUT2D eigenvalue weighted by Crippen LogP contribution is 2.51. The van der Waals surface area contributed by atoms with Gasteiger partial charge in [0.15, 0.2) is 0 Å². The minimum atomic E-state index is 0. The summed E-state index contributed by atoms with van der Waals surface area (Å²) in [6.07, 6.45) is 5.95. The number of carbonyl (C=O) groups is 1. The third kappa shape index (κ3) is 3.59. The number of hydrogen-bond acceptors (Lipinski definition) is 2. The van der Waals surface area contributed by atoms with Crippen molar-refractivity contribution in [1.29, 1.82) is 0 Å². The van der Waals surface area contributed by atoms with Gasteiger partial charge in [0.05, 0.1) is 6.04 Å². The molecule has 4 heteroatoms. The molecule has 0 aromatic carbocycles. The van der Waals surface area contributed by atoms with Gasteiger partial charge >= 0.3 is 0 Å². The normalized spacial score (nSPS) is 26.2. The summed E-state index contributed by atoms with van der Waals surface area (Å²) in [6, 6.07) is 0.0664. The van der Waals surface area contributed by atoms with Crippen LogP contribution in [0.25, 0.3) is 0 Å². The average Bonchev–Trinajstić information content (AvgIpc) is 3.08. The largest absolute Gasteiger partial charge is 0.354 e. The molecule has 0 radical (unpaired) electrons. The van der Waals surface area contributed by atoms with E-state index in [4.69, 9.17) is 0 Å². The molecule has 2 N–H and O–H groups in total. The number of rotatable bonds is 4. The number of amides is 1. The molecule has 1 aliphatic heterocycles. The lowest BCUT2D eigenvalue weighted by Gasteiger charge is -2.25. The van der Waals surface area contributed by atoms with Crippen LogP contribution in [0.2, 0.25) is 0 Å². The van der Waals surface area contributed by atoms with Crippen LogP contribution in [0.1, 0.15) is 46.0 Å². The smallest absolute Gasteiger partial charge is 0.237 e. The molecule has 17 heavy (non-hydrogen) atoms. The molecule has 2 aliphatic rings. The summed E-state index contributed by atoms with van der Waals surface area (Å²) in [5.41, 5.74) is 0.421. The molecule has 0 unspecified atom stereocenters. The monoisotopic (exact) mass is 260 g/mol. The van der Waals surface area contributed by atoms with Gasteiger partial charge in [-0.1, -0.05) is 20.3 Å². The molecule has 1 aliphatic carbocycles. The molecule has 1 saturated carbocycles. The Morgan fingerprint density at radius 2 is 2.12 bits per heavy atom. The van der Waals surface area contributed by atoms with Gasteiger partial charge in [-0.3, -0.25) is 4.79 Å². The second kappa shape index (κ2) is 6.05. The second-order valence-electron chi connectivity index (χ2n) is 5.74. The van der Waals surface area contributed by atoms with E-state index in [0.717, 1.165) is 19.5 Å². The maximum absolute atomic E-state index is 11.9. The van der Waals surface area contributed by atoms with Crippen LogP contribution >= 0.6 is 12.4 Å². The molecule has 0 bridgehead atoms. The van der Waals surface area contributed by atoms with Crippen molar-refractivity contribution in [3.05, 3.63) is 0 Å². The summed E-state index contributed by atoms with van der Waals surface area (Å²) in [5, 5.41) is 6.43. The van der Waals surface area contributed by atoms with Gasteiger partial charge in [-0.05, 0) is 43.6 Å². The number of halogens is 1. The van der Waals surface area contributed by atoms with E-state index in [1.54, 1.807) is 0 Å². The van der Waals surface area contributed by atoms with Gasteiger partial charge in [-0.25, -0.2) is 0 Å². The zero-order valence-corrected chi connectivity index (χ0v) is 11.7. The van der Waals surface area contributed by atoms with Crippen LogP contribution < -0.4 is 10.6 Å². The quantitative estimate of drug-likeness (QED) is 0.813. The summed E-state index contributed by atoms with van der Waals surface area (Å²) in [7, 11) is 0. The average molecular weight is 261 g/mol. The van der Waals surface area contributed by atoms with Crippen LogP contribution in [-0.2, 0) is 4.79 Å². The third-order valence-electron chi connectivity index (χ3n) is 4.36. The summed E-state index contributed by atoms with van der Waals surface area (Å²) < 4.78 is 0. The van der Waals surface area contributed by atoms with Gasteiger partial charge in [0.25, 0.3) is 0 Å². The molecule has 1 saturated heterocycles. The molecule has 0 spiro atoms. The van der Waals surface area contributed by atoms with E-state index in [9.17, 15) is 4.79 Å².